The van der Waals surface area contributed by atoms with Crippen molar-refractivity contribution in [2.45, 2.75) is 26.2 Å². The summed E-state index contributed by atoms with van der Waals surface area (Å²) in [7, 11) is 0. The number of nitrogens with zero attached hydrogens (tertiary/aromatic N) is 1. The normalized spacial score (nSPS) is 14.4. The molecule has 0 N–H and O–H groups in total. The van der Waals surface area contributed by atoms with Gasteiger partial charge in [0.25, 0.3) is 0 Å². The second kappa shape index (κ2) is 4.76. The summed E-state index contributed by atoms with van der Waals surface area (Å²) in [6.45, 7) is 3.94. The van der Waals surface area contributed by atoms with Crippen LogP contribution in [0.4, 0.5) is 4.39 Å². The van der Waals surface area contributed by atoms with Gasteiger partial charge in [-0.25, -0.2) is 4.39 Å². The minimum absolute atomic E-state index is 0.0227. The minimum Gasteiger partial charge on any atom is -0.207 e. The van der Waals surface area contributed by atoms with Crippen LogP contribution in [0.5, 0.6) is 0 Å². The highest BCUT2D eigenvalue weighted by Crippen LogP contribution is 2.27. The average Bonchev–Trinajstić information content (AvgIpc) is 2.21. The zero-order valence-electron chi connectivity index (χ0n) is 8.50. The van der Waals surface area contributed by atoms with Gasteiger partial charge >= 0.3 is 0 Å². The summed E-state index contributed by atoms with van der Waals surface area (Å²) in [6, 6.07) is 8.65. The van der Waals surface area contributed by atoms with Crippen molar-refractivity contribution in [3.63, 3.8) is 0 Å². The maximum atomic E-state index is 12.7. The van der Waals surface area contributed by atoms with Gasteiger partial charge in [-0.3, -0.25) is 0 Å². The van der Waals surface area contributed by atoms with Gasteiger partial charge in [0.1, 0.15) is 5.82 Å². The Labute approximate surface area is 84.2 Å². The molecule has 0 saturated heterocycles. The molecule has 0 radical (unpaired) electrons. The van der Waals surface area contributed by atoms with Crippen LogP contribution >= 0.6 is 0 Å². The zero-order valence-corrected chi connectivity index (χ0v) is 8.50. The van der Waals surface area contributed by atoms with Crippen LogP contribution in [0.2, 0.25) is 0 Å². The minimum atomic E-state index is -0.229. The van der Waals surface area contributed by atoms with E-state index in [-0.39, 0.29) is 17.7 Å². The summed E-state index contributed by atoms with van der Waals surface area (Å²) in [5, 5.41) is 8.83. The topological polar surface area (TPSA) is 23.8 Å². The first-order valence-electron chi connectivity index (χ1n) is 4.84. The van der Waals surface area contributed by atoms with Gasteiger partial charge in [0.05, 0.1) is 12.0 Å². The van der Waals surface area contributed by atoms with Crippen molar-refractivity contribution >= 4 is 0 Å². The third kappa shape index (κ3) is 2.32. The lowest BCUT2D eigenvalue weighted by Crippen LogP contribution is -2.06. The molecule has 74 valence electrons. The van der Waals surface area contributed by atoms with Crippen LogP contribution in [0.1, 0.15) is 31.7 Å². The Bertz CT molecular complexity index is 323. The van der Waals surface area contributed by atoms with Crippen molar-refractivity contribution in [2.75, 3.05) is 0 Å². The van der Waals surface area contributed by atoms with Gasteiger partial charge in [0, 0.05) is 0 Å². The number of halogens is 1. The Morgan fingerprint density at radius 2 is 1.93 bits per heavy atom. The van der Waals surface area contributed by atoms with Crippen LogP contribution in [0.25, 0.3) is 0 Å². The van der Waals surface area contributed by atoms with Crippen molar-refractivity contribution in [2.24, 2.45) is 5.92 Å². The second-order valence-corrected chi connectivity index (χ2v) is 3.48. The number of hydrogen-bond acceptors (Lipinski definition) is 1. The smallest absolute Gasteiger partial charge is 0.123 e. The zero-order chi connectivity index (χ0) is 10.6. The molecule has 0 saturated carbocycles. The molecule has 0 heterocycles. The molecule has 0 amide bonds. The molecule has 1 nitrogen and oxygen atoms in total. The number of rotatable bonds is 3. The standard InChI is InChI=1S/C12H14FN/c1-3-12(9(2)8-14)10-4-6-11(13)7-5-10/h4-7,9,12H,3H2,1-2H3. The molecule has 2 unspecified atom stereocenters. The fourth-order valence-corrected chi connectivity index (χ4v) is 1.68. The maximum Gasteiger partial charge on any atom is 0.123 e. The molecule has 2 atom stereocenters. The van der Waals surface area contributed by atoms with E-state index in [0.29, 0.717) is 0 Å². The first kappa shape index (κ1) is 10.7. The molecule has 1 rings (SSSR count). The quantitative estimate of drug-likeness (QED) is 0.717. The fraction of sp³-hybridized carbons (Fsp3) is 0.417. The summed E-state index contributed by atoms with van der Waals surface area (Å²) >= 11 is 0. The summed E-state index contributed by atoms with van der Waals surface area (Å²) < 4.78 is 12.7. The lowest BCUT2D eigenvalue weighted by molar-refractivity contribution is 0.538. The summed E-state index contributed by atoms with van der Waals surface area (Å²) in [4.78, 5) is 0. The SMILES string of the molecule is CCC(c1ccc(F)cc1)C(C)C#N. The molecule has 14 heavy (non-hydrogen) atoms. The predicted molar refractivity (Wildman–Crippen MR) is 54.2 cm³/mol. The van der Waals surface area contributed by atoms with E-state index in [0.717, 1.165) is 12.0 Å². The van der Waals surface area contributed by atoms with Gasteiger partial charge in [0.15, 0.2) is 0 Å². The Morgan fingerprint density at radius 1 is 1.36 bits per heavy atom. The average molecular weight is 191 g/mol. The number of benzene rings is 1. The Kier molecular flexibility index (Phi) is 3.64. The molecular formula is C12H14FN. The van der Waals surface area contributed by atoms with Crippen LogP contribution in [0, 0.1) is 23.1 Å². The van der Waals surface area contributed by atoms with E-state index in [1.165, 1.54) is 12.1 Å². The highest BCUT2D eigenvalue weighted by atomic mass is 19.1. The summed E-state index contributed by atoms with van der Waals surface area (Å²) in [5.74, 6) is -0.0423. The molecule has 0 aromatic heterocycles. The van der Waals surface area contributed by atoms with Gasteiger partial charge in [0.2, 0.25) is 0 Å². The highest BCUT2D eigenvalue weighted by Gasteiger charge is 2.16. The van der Waals surface area contributed by atoms with Gasteiger partial charge in [-0.15, -0.1) is 0 Å². The van der Waals surface area contributed by atoms with E-state index in [2.05, 4.69) is 6.07 Å². The molecule has 1 aromatic rings. The van der Waals surface area contributed by atoms with Crippen molar-refractivity contribution in [3.05, 3.63) is 35.6 Å². The molecule has 0 aliphatic rings. The summed E-state index contributed by atoms with van der Waals surface area (Å²) in [5.41, 5.74) is 1.04. The lowest BCUT2D eigenvalue weighted by Gasteiger charge is -2.17. The van der Waals surface area contributed by atoms with Gasteiger partial charge in [-0.05, 0) is 37.0 Å². The Morgan fingerprint density at radius 3 is 2.36 bits per heavy atom. The van der Waals surface area contributed by atoms with Crippen LogP contribution in [0.15, 0.2) is 24.3 Å². The molecule has 0 aliphatic carbocycles. The van der Waals surface area contributed by atoms with E-state index in [4.69, 9.17) is 5.26 Å². The van der Waals surface area contributed by atoms with Gasteiger partial charge in [-0.1, -0.05) is 19.1 Å². The third-order valence-electron chi connectivity index (χ3n) is 2.55. The van der Waals surface area contributed by atoms with Crippen LogP contribution < -0.4 is 0 Å². The molecule has 0 bridgehead atoms. The van der Waals surface area contributed by atoms with Crippen LogP contribution in [-0.4, -0.2) is 0 Å². The second-order valence-electron chi connectivity index (χ2n) is 3.48. The van der Waals surface area contributed by atoms with Gasteiger partial charge < -0.3 is 0 Å². The maximum absolute atomic E-state index is 12.7. The van der Waals surface area contributed by atoms with Crippen LogP contribution in [-0.2, 0) is 0 Å². The Hall–Kier alpha value is -1.36. The molecule has 1 aromatic carbocycles. The summed E-state index contributed by atoms with van der Waals surface area (Å²) in [6.07, 6.45) is 0.903. The first-order valence-corrected chi connectivity index (χ1v) is 4.84. The third-order valence-corrected chi connectivity index (χ3v) is 2.55. The monoisotopic (exact) mass is 191 g/mol. The molecule has 0 spiro atoms. The van der Waals surface area contributed by atoms with Crippen molar-refractivity contribution in [1.29, 1.82) is 5.26 Å². The molecule has 0 fully saturated rings. The predicted octanol–water partition coefficient (Wildman–Crippen LogP) is 3.48. The van der Waals surface area contributed by atoms with E-state index in [1.54, 1.807) is 12.1 Å². The van der Waals surface area contributed by atoms with Crippen molar-refractivity contribution in [1.82, 2.24) is 0 Å². The van der Waals surface area contributed by atoms with Crippen molar-refractivity contribution < 1.29 is 4.39 Å². The highest BCUT2D eigenvalue weighted by molar-refractivity contribution is 5.22. The van der Waals surface area contributed by atoms with Crippen LogP contribution in [0.3, 0.4) is 0 Å². The number of hydrogen-bond donors (Lipinski definition) is 0. The Balaban J connectivity index is 2.91. The van der Waals surface area contributed by atoms with E-state index >= 15 is 0 Å². The van der Waals surface area contributed by atoms with E-state index in [1.807, 2.05) is 13.8 Å². The first-order chi connectivity index (χ1) is 6.69. The lowest BCUT2D eigenvalue weighted by atomic mass is 9.86. The molecule has 2 heteroatoms. The van der Waals surface area contributed by atoms with Gasteiger partial charge in [-0.2, -0.15) is 5.26 Å². The fourth-order valence-electron chi connectivity index (χ4n) is 1.68. The molecule has 0 aliphatic heterocycles. The van der Waals surface area contributed by atoms with E-state index < -0.39 is 0 Å². The van der Waals surface area contributed by atoms with Crippen molar-refractivity contribution in [3.8, 4) is 6.07 Å². The van der Waals surface area contributed by atoms with E-state index in [9.17, 15) is 4.39 Å². The largest absolute Gasteiger partial charge is 0.207 e. The number of nitriles is 1. The molecular weight excluding hydrogens is 177 g/mol.